The van der Waals surface area contributed by atoms with Crippen LogP contribution in [0.3, 0.4) is 0 Å². The number of aromatic nitrogens is 2. The summed E-state index contributed by atoms with van der Waals surface area (Å²) in [5.41, 5.74) is -1.36. The molecular formula is C25H20F5N3O3. The SMILES string of the molecule is O=c1nc(OCc2cc(F)c(Oc3cccc(C(F)(F)F)c3)c(F)c2)cc2n1CC13CCC(CC1)N23. The van der Waals surface area contributed by atoms with E-state index in [0.717, 1.165) is 55.8 Å². The first-order valence-electron chi connectivity index (χ1n) is 11.5. The number of nitrogens with zero attached hydrogens (tertiary/aromatic N) is 3. The van der Waals surface area contributed by atoms with Crippen molar-refractivity contribution in [2.24, 2.45) is 0 Å². The van der Waals surface area contributed by atoms with E-state index < -0.39 is 34.8 Å². The molecule has 36 heavy (non-hydrogen) atoms. The largest absolute Gasteiger partial charge is 0.473 e. The number of alkyl halides is 3. The Hall–Kier alpha value is -3.63. The summed E-state index contributed by atoms with van der Waals surface area (Å²) < 4.78 is 80.3. The molecule has 1 aromatic heterocycles. The van der Waals surface area contributed by atoms with E-state index in [1.807, 2.05) is 0 Å². The minimum atomic E-state index is -4.62. The molecule has 2 saturated heterocycles. The second-order valence-electron chi connectivity index (χ2n) is 9.45. The topological polar surface area (TPSA) is 56.6 Å². The Kier molecular flexibility index (Phi) is 5.03. The normalized spacial score (nSPS) is 22.0. The lowest BCUT2D eigenvalue weighted by molar-refractivity contribution is -0.137. The number of fused-ring (bicyclic) bond motifs is 1. The van der Waals surface area contributed by atoms with E-state index in [1.165, 1.54) is 6.07 Å². The second kappa shape index (κ2) is 7.94. The lowest BCUT2D eigenvalue weighted by Gasteiger charge is -2.27. The van der Waals surface area contributed by atoms with Crippen LogP contribution in [0.1, 0.15) is 36.8 Å². The van der Waals surface area contributed by atoms with Gasteiger partial charge in [0.2, 0.25) is 5.88 Å². The van der Waals surface area contributed by atoms with Crippen molar-refractivity contribution in [2.75, 3.05) is 4.90 Å². The van der Waals surface area contributed by atoms with Gasteiger partial charge in [0.15, 0.2) is 17.4 Å². The fourth-order valence-electron chi connectivity index (χ4n) is 5.68. The van der Waals surface area contributed by atoms with Crippen LogP contribution in [-0.4, -0.2) is 21.1 Å². The minimum absolute atomic E-state index is 0.0289. The van der Waals surface area contributed by atoms with Gasteiger partial charge in [0.25, 0.3) is 0 Å². The molecule has 3 aromatic rings. The Morgan fingerprint density at radius 2 is 1.78 bits per heavy atom. The number of benzene rings is 2. The highest BCUT2D eigenvalue weighted by Gasteiger charge is 2.56. The molecule has 3 aliphatic heterocycles. The standard InChI is InChI=1S/C25H20F5N3O3/c26-18-8-14(9-19(27)22(18)36-17-3-1-2-15(10-17)25(28,29)30)12-35-20-11-21-32(23(34)31-20)13-24-6-4-16(5-7-24)33(21)24/h1-3,8-11,16H,4-7,12-13H2. The van der Waals surface area contributed by atoms with Gasteiger partial charge in [-0.25, -0.2) is 13.6 Å². The first kappa shape index (κ1) is 22.8. The van der Waals surface area contributed by atoms with Crippen molar-refractivity contribution in [3.8, 4) is 17.4 Å². The zero-order valence-electron chi connectivity index (χ0n) is 18.8. The van der Waals surface area contributed by atoms with Crippen LogP contribution in [-0.2, 0) is 19.3 Å². The van der Waals surface area contributed by atoms with Gasteiger partial charge < -0.3 is 14.4 Å². The smallest absolute Gasteiger partial charge is 0.416 e. The van der Waals surface area contributed by atoms with Gasteiger partial charge >= 0.3 is 11.9 Å². The highest BCUT2D eigenvalue weighted by atomic mass is 19.4. The van der Waals surface area contributed by atoms with E-state index in [4.69, 9.17) is 9.47 Å². The highest BCUT2D eigenvalue weighted by molar-refractivity contribution is 5.54. The lowest BCUT2D eigenvalue weighted by Crippen LogP contribution is -2.38. The Balaban J connectivity index is 1.20. The predicted octanol–water partition coefficient (Wildman–Crippen LogP) is 5.43. The predicted molar refractivity (Wildman–Crippen MR) is 118 cm³/mol. The molecule has 6 rings (SSSR count). The molecule has 0 unspecified atom stereocenters. The molecular weight excluding hydrogens is 485 g/mol. The molecule has 0 spiro atoms. The molecule has 0 radical (unpaired) electrons. The zero-order chi connectivity index (χ0) is 25.2. The van der Waals surface area contributed by atoms with Gasteiger partial charge in [0.1, 0.15) is 18.2 Å². The van der Waals surface area contributed by atoms with Crippen LogP contribution in [0.5, 0.6) is 17.4 Å². The molecule has 188 valence electrons. The van der Waals surface area contributed by atoms with Gasteiger partial charge in [-0.1, -0.05) is 6.07 Å². The Morgan fingerprint density at radius 3 is 2.47 bits per heavy atom. The van der Waals surface area contributed by atoms with Gasteiger partial charge in [0, 0.05) is 12.1 Å². The zero-order valence-corrected chi connectivity index (χ0v) is 18.8. The molecule has 0 N–H and O–H groups in total. The summed E-state index contributed by atoms with van der Waals surface area (Å²) in [6, 6.07) is 7.73. The number of halogens is 5. The van der Waals surface area contributed by atoms with Crippen LogP contribution < -0.4 is 20.1 Å². The van der Waals surface area contributed by atoms with E-state index in [1.54, 1.807) is 10.6 Å². The molecule has 4 heterocycles. The third kappa shape index (κ3) is 3.68. The van der Waals surface area contributed by atoms with Gasteiger partial charge in [-0.3, -0.25) is 4.57 Å². The minimum Gasteiger partial charge on any atom is -0.473 e. The monoisotopic (exact) mass is 505 g/mol. The van der Waals surface area contributed by atoms with Gasteiger partial charge in [-0.05, 0) is 61.6 Å². The molecule has 0 saturated carbocycles. The van der Waals surface area contributed by atoms with Gasteiger partial charge in [-0.2, -0.15) is 18.2 Å². The maximum absolute atomic E-state index is 14.6. The van der Waals surface area contributed by atoms with E-state index in [2.05, 4.69) is 9.88 Å². The Bertz CT molecular complexity index is 1390. The molecule has 2 fully saturated rings. The fourth-order valence-corrected chi connectivity index (χ4v) is 5.68. The average molecular weight is 505 g/mol. The quantitative estimate of drug-likeness (QED) is 0.433. The maximum Gasteiger partial charge on any atom is 0.416 e. The van der Waals surface area contributed by atoms with Crippen molar-refractivity contribution >= 4 is 5.82 Å². The van der Waals surface area contributed by atoms with Crippen molar-refractivity contribution in [3.05, 3.63) is 75.7 Å². The van der Waals surface area contributed by atoms with Crippen LogP contribution in [0.15, 0.2) is 47.3 Å². The molecule has 11 heteroatoms. The molecule has 0 amide bonds. The van der Waals surface area contributed by atoms with Crippen molar-refractivity contribution in [3.63, 3.8) is 0 Å². The number of ether oxygens (including phenoxy) is 2. The number of hydrogen-bond donors (Lipinski definition) is 0. The lowest BCUT2D eigenvalue weighted by atomic mass is 9.88. The van der Waals surface area contributed by atoms with Crippen molar-refractivity contribution in [2.45, 2.75) is 56.6 Å². The van der Waals surface area contributed by atoms with E-state index in [0.29, 0.717) is 18.7 Å². The highest BCUT2D eigenvalue weighted by Crippen LogP contribution is 2.53. The maximum atomic E-state index is 14.6. The van der Waals surface area contributed by atoms with Gasteiger partial charge in [-0.15, -0.1) is 0 Å². The summed E-state index contributed by atoms with van der Waals surface area (Å²) in [5, 5.41) is 0. The average Bonchev–Trinajstić information content (AvgIpc) is 3.46. The summed E-state index contributed by atoms with van der Waals surface area (Å²) in [7, 11) is 0. The second-order valence-corrected chi connectivity index (χ2v) is 9.45. The summed E-state index contributed by atoms with van der Waals surface area (Å²) >= 11 is 0. The molecule has 0 aliphatic carbocycles. The van der Waals surface area contributed by atoms with Gasteiger partial charge in [0.05, 0.1) is 17.6 Å². The molecule has 2 aromatic carbocycles. The third-order valence-corrected chi connectivity index (χ3v) is 7.25. The Morgan fingerprint density at radius 1 is 1.06 bits per heavy atom. The van der Waals surface area contributed by atoms with Crippen LogP contribution >= 0.6 is 0 Å². The van der Waals surface area contributed by atoms with Crippen molar-refractivity contribution in [1.82, 2.24) is 9.55 Å². The molecule has 6 nitrogen and oxygen atoms in total. The van der Waals surface area contributed by atoms with Crippen molar-refractivity contribution < 1.29 is 31.4 Å². The van der Waals surface area contributed by atoms with E-state index in [9.17, 15) is 26.7 Å². The summed E-state index contributed by atoms with van der Waals surface area (Å²) in [4.78, 5) is 18.9. The first-order valence-corrected chi connectivity index (χ1v) is 11.5. The number of rotatable bonds is 5. The van der Waals surface area contributed by atoms with Crippen LogP contribution in [0.25, 0.3) is 0 Å². The fraction of sp³-hybridized carbons (Fsp3) is 0.360. The molecule has 3 aliphatic rings. The van der Waals surface area contributed by atoms with Crippen LogP contribution in [0.2, 0.25) is 0 Å². The van der Waals surface area contributed by atoms with Crippen LogP contribution in [0, 0.1) is 11.6 Å². The summed E-state index contributed by atoms with van der Waals surface area (Å²) in [5.74, 6) is -2.59. The first-order chi connectivity index (χ1) is 17.1. The summed E-state index contributed by atoms with van der Waals surface area (Å²) in [6.45, 7) is 0.330. The third-order valence-electron chi connectivity index (χ3n) is 7.25. The molecule has 2 bridgehead atoms. The Labute approximate surface area is 201 Å². The summed E-state index contributed by atoms with van der Waals surface area (Å²) in [6.07, 6.45) is -0.397. The number of hydrogen-bond acceptors (Lipinski definition) is 5. The van der Waals surface area contributed by atoms with E-state index >= 15 is 0 Å². The van der Waals surface area contributed by atoms with Crippen LogP contribution in [0.4, 0.5) is 27.8 Å². The molecule has 0 atom stereocenters. The number of anilines is 1. The van der Waals surface area contributed by atoms with E-state index in [-0.39, 0.29) is 29.3 Å². The van der Waals surface area contributed by atoms with Crippen molar-refractivity contribution in [1.29, 1.82) is 0 Å².